The van der Waals surface area contributed by atoms with Crippen LogP contribution in [0.5, 0.6) is 0 Å². The maximum absolute atomic E-state index is 5.54. The van der Waals surface area contributed by atoms with Crippen molar-refractivity contribution in [1.82, 2.24) is 9.36 Å². The van der Waals surface area contributed by atoms with Gasteiger partial charge in [-0.3, -0.25) is 0 Å². The third kappa shape index (κ3) is 1.68. The SMILES string of the molecule is Nc1nsc(N(CC2CC2)C2CC2)n1. The van der Waals surface area contributed by atoms with E-state index in [4.69, 9.17) is 5.73 Å². The zero-order valence-electron chi connectivity index (χ0n) is 8.02. The second-order valence-electron chi connectivity index (χ2n) is 4.26. The minimum atomic E-state index is 0.423. The number of hydrogen-bond donors (Lipinski definition) is 1. The first-order chi connectivity index (χ1) is 6.83. The highest BCUT2D eigenvalue weighted by molar-refractivity contribution is 7.09. The molecule has 1 heterocycles. The minimum Gasteiger partial charge on any atom is -0.367 e. The fourth-order valence-corrected chi connectivity index (χ4v) is 2.37. The van der Waals surface area contributed by atoms with Crippen LogP contribution in [-0.2, 0) is 0 Å². The summed E-state index contributed by atoms with van der Waals surface area (Å²) in [6, 6.07) is 0.725. The molecule has 0 aromatic carbocycles. The van der Waals surface area contributed by atoms with Crippen LogP contribution in [-0.4, -0.2) is 21.9 Å². The summed E-state index contributed by atoms with van der Waals surface area (Å²) in [6.45, 7) is 1.17. The number of anilines is 2. The Morgan fingerprint density at radius 2 is 2.14 bits per heavy atom. The van der Waals surface area contributed by atoms with Crippen molar-refractivity contribution in [2.45, 2.75) is 31.7 Å². The Labute approximate surface area is 87.3 Å². The van der Waals surface area contributed by atoms with Gasteiger partial charge in [-0.2, -0.15) is 9.36 Å². The number of hydrogen-bond acceptors (Lipinski definition) is 5. The highest BCUT2D eigenvalue weighted by Gasteiger charge is 2.35. The van der Waals surface area contributed by atoms with Gasteiger partial charge in [-0.05, 0) is 31.6 Å². The van der Waals surface area contributed by atoms with Gasteiger partial charge < -0.3 is 10.6 Å². The monoisotopic (exact) mass is 210 g/mol. The number of aromatic nitrogens is 2. The molecule has 0 saturated heterocycles. The van der Waals surface area contributed by atoms with Crippen molar-refractivity contribution in [3.05, 3.63) is 0 Å². The molecule has 2 saturated carbocycles. The Kier molecular flexibility index (Phi) is 1.87. The quantitative estimate of drug-likeness (QED) is 0.818. The highest BCUT2D eigenvalue weighted by atomic mass is 32.1. The molecule has 0 aliphatic heterocycles. The minimum absolute atomic E-state index is 0.423. The van der Waals surface area contributed by atoms with Crippen LogP contribution in [0.1, 0.15) is 25.7 Å². The molecule has 14 heavy (non-hydrogen) atoms. The summed E-state index contributed by atoms with van der Waals surface area (Å²) in [5.74, 6) is 1.33. The molecule has 0 atom stereocenters. The number of nitrogen functional groups attached to an aromatic ring is 1. The average molecular weight is 210 g/mol. The van der Waals surface area contributed by atoms with Crippen molar-refractivity contribution in [2.75, 3.05) is 17.2 Å². The summed E-state index contributed by atoms with van der Waals surface area (Å²) < 4.78 is 4.04. The number of rotatable bonds is 4. The first kappa shape index (κ1) is 8.47. The van der Waals surface area contributed by atoms with Crippen molar-refractivity contribution < 1.29 is 0 Å². The molecule has 2 aliphatic rings. The third-order valence-electron chi connectivity index (χ3n) is 2.82. The zero-order chi connectivity index (χ0) is 9.54. The van der Waals surface area contributed by atoms with E-state index >= 15 is 0 Å². The highest BCUT2D eigenvalue weighted by Crippen LogP contribution is 2.38. The van der Waals surface area contributed by atoms with Crippen LogP contribution >= 0.6 is 11.5 Å². The molecule has 5 heteroatoms. The van der Waals surface area contributed by atoms with Crippen LogP contribution in [0.2, 0.25) is 0 Å². The summed E-state index contributed by atoms with van der Waals surface area (Å²) in [6.07, 6.45) is 5.40. The molecule has 2 fully saturated rings. The molecule has 3 rings (SSSR count). The number of nitrogens with zero attached hydrogens (tertiary/aromatic N) is 3. The standard InChI is InChI=1S/C9H14N4S/c10-8-11-9(14-12-8)13(7-3-4-7)5-6-1-2-6/h6-7H,1-5H2,(H2,10,12). The van der Waals surface area contributed by atoms with Crippen molar-refractivity contribution in [1.29, 1.82) is 0 Å². The third-order valence-corrected chi connectivity index (χ3v) is 3.58. The van der Waals surface area contributed by atoms with Gasteiger partial charge in [-0.1, -0.05) is 0 Å². The molecule has 1 aromatic rings. The predicted octanol–water partition coefficient (Wildman–Crippen LogP) is 1.50. The van der Waals surface area contributed by atoms with Gasteiger partial charge in [0.05, 0.1) is 0 Å². The summed E-state index contributed by atoms with van der Waals surface area (Å²) in [4.78, 5) is 6.67. The van der Waals surface area contributed by atoms with Crippen LogP contribution in [0.25, 0.3) is 0 Å². The van der Waals surface area contributed by atoms with E-state index in [1.807, 2.05) is 0 Å². The zero-order valence-corrected chi connectivity index (χ0v) is 8.83. The van der Waals surface area contributed by atoms with E-state index in [1.54, 1.807) is 0 Å². The number of nitrogens with two attached hydrogens (primary N) is 1. The van der Waals surface area contributed by atoms with Gasteiger partial charge in [0.15, 0.2) is 0 Å². The van der Waals surface area contributed by atoms with Crippen LogP contribution in [0.15, 0.2) is 0 Å². The average Bonchev–Trinajstić information content (AvgIpc) is 3.04. The molecular formula is C9H14N4S. The van der Waals surface area contributed by atoms with Crippen molar-refractivity contribution >= 4 is 22.6 Å². The predicted molar refractivity (Wildman–Crippen MR) is 57.4 cm³/mol. The van der Waals surface area contributed by atoms with Gasteiger partial charge in [-0.25, -0.2) is 0 Å². The van der Waals surface area contributed by atoms with Gasteiger partial charge >= 0.3 is 0 Å². The molecule has 76 valence electrons. The largest absolute Gasteiger partial charge is 0.367 e. The Balaban J connectivity index is 1.75. The lowest BCUT2D eigenvalue weighted by molar-refractivity contribution is 0.716. The molecule has 0 amide bonds. The molecule has 2 aliphatic carbocycles. The molecule has 0 unspecified atom stereocenters. The van der Waals surface area contributed by atoms with E-state index in [9.17, 15) is 0 Å². The molecule has 1 aromatic heterocycles. The Morgan fingerprint density at radius 3 is 2.64 bits per heavy atom. The Bertz CT molecular complexity index is 329. The van der Waals surface area contributed by atoms with Gasteiger partial charge in [0.1, 0.15) is 0 Å². The Morgan fingerprint density at radius 1 is 1.36 bits per heavy atom. The Hall–Kier alpha value is -0.840. The lowest BCUT2D eigenvalue weighted by Crippen LogP contribution is -2.27. The molecule has 2 N–H and O–H groups in total. The molecule has 4 nitrogen and oxygen atoms in total. The van der Waals surface area contributed by atoms with Crippen molar-refractivity contribution in [3.63, 3.8) is 0 Å². The van der Waals surface area contributed by atoms with E-state index in [0.29, 0.717) is 5.95 Å². The molecule has 0 radical (unpaired) electrons. The lowest BCUT2D eigenvalue weighted by atomic mass is 10.4. The van der Waals surface area contributed by atoms with Gasteiger partial charge in [0.2, 0.25) is 11.1 Å². The van der Waals surface area contributed by atoms with E-state index in [0.717, 1.165) is 17.1 Å². The van der Waals surface area contributed by atoms with Gasteiger partial charge in [0.25, 0.3) is 0 Å². The summed E-state index contributed by atoms with van der Waals surface area (Å²) in [5, 5.41) is 1.02. The second-order valence-corrected chi connectivity index (χ2v) is 4.99. The van der Waals surface area contributed by atoms with E-state index in [2.05, 4.69) is 14.3 Å². The molecular weight excluding hydrogens is 196 g/mol. The van der Waals surface area contributed by atoms with E-state index in [1.165, 1.54) is 43.8 Å². The fourth-order valence-electron chi connectivity index (χ4n) is 1.69. The van der Waals surface area contributed by atoms with Gasteiger partial charge in [-0.15, -0.1) is 0 Å². The summed E-state index contributed by atoms with van der Waals surface area (Å²) >= 11 is 1.44. The maximum Gasteiger partial charge on any atom is 0.233 e. The lowest BCUT2D eigenvalue weighted by Gasteiger charge is -2.20. The fraction of sp³-hybridized carbons (Fsp3) is 0.778. The normalized spacial score (nSPS) is 21.1. The smallest absolute Gasteiger partial charge is 0.233 e. The summed E-state index contributed by atoms with van der Waals surface area (Å²) in [5.41, 5.74) is 5.54. The van der Waals surface area contributed by atoms with Crippen LogP contribution in [0.3, 0.4) is 0 Å². The summed E-state index contributed by atoms with van der Waals surface area (Å²) in [7, 11) is 0. The van der Waals surface area contributed by atoms with E-state index in [-0.39, 0.29) is 0 Å². The second kappa shape index (κ2) is 3.08. The van der Waals surface area contributed by atoms with Crippen LogP contribution in [0, 0.1) is 5.92 Å². The maximum atomic E-state index is 5.54. The first-order valence-electron chi connectivity index (χ1n) is 5.19. The van der Waals surface area contributed by atoms with Crippen molar-refractivity contribution in [3.8, 4) is 0 Å². The molecule has 0 spiro atoms. The first-order valence-corrected chi connectivity index (χ1v) is 5.96. The van der Waals surface area contributed by atoms with Gasteiger partial charge in [0, 0.05) is 24.1 Å². The van der Waals surface area contributed by atoms with Crippen LogP contribution in [0.4, 0.5) is 11.1 Å². The van der Waals surface area contributed by atoms with Crippen molar-refractivity contribution in [2.24, 2.45) is 5.92 Å². The van der Waals surface area contributed by atoms with Crippen LogP contribution < -0.4 is 10.6 Å². The topological polar surface area (TPSA) is 55.0 Å². The molecule has 0 bridgehead atoms. The van der Waals surface area contributed by atoms with E-state index < -0.39 is 0 Å².